The number of halogens is 2. The smallest absolute Gasteiger partial charge is 0.264 e. The van der Waals surface area contributed by atoms with E-state index in [1.54, 1.807) is 18.2 Å². The van der Waals surface area contributed by atoms with Crippen molar-refractivity contribution < 1.29 is 17.9 Å². The van der Waals surface area contributed by atoms with E-state index in [0.29, 0.717) is 24.3 Å². The van der Waals surface area contributed by atoms with Gasteiger partial charge in [-0.15, -0.1) is 0 Å². The fourth-order valence-electron chi connectivity index (χ4n) is 3.34. The average Bonchev–Trinajstić information content (AvgIpc) is 3.19. The molecule has 3 aromatic rings. The van der Waals surface area contributed by atoms with Crippen LogP contribution >= 0.6 is 27.5 Å². The predicted molar refractivity (Wildman–Crippen MR) is 124 cm³/mol. The van der Waals surface area contributed by atoms with Crippen molar-refractivity contribution in [2.45, 2.75) is 11.3 Å². The van der Waals surface area contributed by atoms with Crippen LogP contribution in [0.3, 0.4) is 0 Å². The van der Waals surface area contributed by atoms with Gasteiger partial charge < -0.3 is 10.1 Å². The third kappa shape index (κ3) is 4.56. The van der Waals surface area contributed by atoms with Crippen LogP contribution < -0.4 is 14.4 Å². The van der Waals surface area contributed by atoms with Crippen LogP contribution in [0.25, 0.3) is 0 Å². The molecule has 0 aliphatic carbocycles. The molecule has 0 saturated heterocycles. The highest BCUT2D eigenvalue weighted by molar-refractivity contribution is 9.10. The van der Waals surface area contributed by atoms with E-state index < -0.39 is 10.0 Å². The second-order valence-corrected chi connectivity index (χ2v) is 9.99. The number of ether oxygens (including phenoxy) is 1. The van der Waals surface area contributed by atoms with Gasteiger partial charge in [-0.3, -0.25) is 9.10 Å². The molecule has 160 valence electrons. The van der Waals surface area contributed by atoms with Crippen molar-refractivity contribution in [1.82, 2.24) is 0 Å². The molecule has 9 heteroatoms. The minimum Gasteiger partial charge on any atom is -0.482 e. The second-order valence-electron chi connectivity index (χ2n) is 6.86. The Bertz CT molecular complexity index is 1250. The molecule has 1 aliphatic rings. The molecule has 1 amide bonds. The van der Waals surface area contributed by atoms with Gasteiger partial charge in [-0.25, -0.2) is 8.42 Å². The van der Waals surface area contributed by atoms with Gasteiger partial charge in [0.25, 0.3) is 15.9 Å². The topological polar surface area (TPSA) is 75.7 Å². The third-order valence-corrected chi connectivity index (χ3v) is 7.64. The molecule has 0 aromatic heterocycles. The monoisotopic (exact) mass is 520 g/mol. The Morgan fingerprint density at radius 2 is 1.84 bits per heavy atom. The number of nitrogens with one attached hydrogen (secondary N) is 1. The first kappa shape index (κ1) is 21.7. The minimum absolute atomic E-state index is 0.0687. The molecule has 0 fully saturated rings. The first-order valence-corrected chi connectivity index (χ1v) is 12.0. The Balaban J connectivity index is 1.46. The number of benzene rings is 3. The molecular weight excluding hydrogens is 504 g/mol. The van der Waals surface area contributed by atoms with Crippen LogP contribution in [-0.4, -0.2) is 27.5 Å². The maximum absolute atomic E-state index is 13.1. The summed E-state index contributed by atoms with van der Waals surface area (Å²) in [5.41, 5.74) is 2.30. The first-order chi connectivity index (χ1) is 14.9. The van der Waals surface area contributed by atoms with Crippen LogP contribution in [0.5, 0.6) is 5.75 Å². The Kier molecular flexibility index (Phi) is 6.22. The third-order valence-electron chi connectivity index (χ3n) is 4.84. The van der Waals surface area contributed by atoms with Gasteiger partial charge >= 0.3 is 0 Å². The number of amides is 1. The zero-order valence-electron chi connectivity index (χ0n) is 16.2. The fourth-order valence-corrected chi connectivity index (χ4v) is 5.55. The Morgan fingerprint density at radius 3 is 2.61 bits per heavy atom. The number of carbonyl (C=O) groups excluding carboxylic acids is 1. The van der Waals surface area contributed by atoms with E-state index >= 15 is 0 Å². The van der Waals surface area contributed by atoms with E-state index in [1.165, 1.54) is 22.5 Å². The largest absolute Gasteiger partial charge is 0.482 e. The van der Waals surface area contributed by atoms with Crippen LogP contribution in [-0.2, 0) is 21.2 Å². The van der Waals surface area contributed by atoms with Gasteiger partial charge in [-0.05, 0) is 64.3 Å². The van der Waals surface area contributed by atoms with E-state index in [9.17, 15) is 13.2 Å². The van der Waals surface area contributed by atoms with Crippen LogP contribution in [0.4, 0.5) is 11.4 Å². The van der Waals surface area contributed by atoms with Gasteiger partial charge in [0.2, 0.25) is 0 Å². The van der Waals surface area contributed by atoms with Crippen LogP contribution in [0.2, 0.25) is 5.02 Å². The molecule has 0 radical (unpaired) electrons. The lowest BCUT2D eigenvalue weighted by molar-refractivity contribution is -0.118. The molecule has 1 heterocycles. The number of para-hydroxylation sites is 2. The molecule has 0 unspecified atom stereocenters. The van der Waals surface area contributed by atoms with E-state index in [2.05, 4.69) is 21.2 Å². The molecule has 0 spiro atoms. The number of fused-ring (bicyclic) bond motifs is 1. The molecule has 0 saturated carbocycles. The lowest BCUT2D eigenvalue weighted by Gasteiger charge is -2.20. The molecule has 31 heavy (non-hydrogen) atoms. The molecule has 0 atom stereocenters. The number of hydrogen-bond donors (Lipinski definition) is 1. The number of carbonyl (C=O) groups is 1. The van der Waals surface area contributed by atoms with Crippen molar-refractivity contribution in [3.8, 4) is 5.75 Å². The first-order valence-electron chi connectivity index (χ1n) is 9.43. The summed E-state index contributed by atoms with van der Waals surface area (Å²) < 4.78 is 33.9. The molecule has 0 bridgehead atoms. The number of nitrogens with zero attached hydrogens (tertiary/aromatic N) is 1. The van der Waals surface area contributed by atoms with Gasteiger partial charge in [0, 0.05) is 11.0 Å². The molecule has 6 nitrogen and oxygen atoms in total. The molecule has 4 rings (SSSR count). The summed E-state index contributed by atoms with van der Waals surface area (Å²) in [6, 6.07) is 18.9. The highest BCUT2D eigenvalue weighted by Crippen LogP contribution is 2.35. The summed E-state index contributed by atoms with van der Waals surface area (Å²) in [7, 11) is -3.76. The van der Waals surface area contributed by atoms with Crippen LogP contribution in [0.15, 0.2) is 76.1 Å². The van der Waals surface area contributed by atoms with Gasteiger partial charge in [0.05, 0.1) is 21.3 Å². The Labute approximate surface area is 194 Å². The van der Waals surface area contributed by atoms with E-state index in [1.807, 2.05) is 30.3 Å². The Hall–Kier alpha value is -2.55. The highest BCUT2D eigenvalue weighted by Gasteiger charge is 2.31. The summed E-state index contributed by atoms with van der Waals surface area (Å²) in [6.45, 7) is 0.111. The van der Waals surface area contributed by atoms with Crippen LogP contribution in [0.1, 0.15) is 5.56 Å². The molecule has 1 N–H and O–H groups in total. The fraction of sp³-hybridized carbons (Fsp3) is 0.136. The Morgan fingerprint density at radius 1 is 1.10 bits per heavy atom. The molecule has 3 aromatic carbocycles. The standard InChI is InChI=1S/C22H18BrClN2O4S/c23-17-6-2-3-7-19(17)25-22(27)14-30-21-10-9-16(13-18(21)24)31(28,29)26-12-11-15-5-1-4-8-20(15)26/h1-10,13H,11-12,14H2,(H,25,27). The van der Waals surface area contributed by atoms with Gasteiger partial charge in [0.1, 0.15) is 5.75 Å². The summed E-state index contributed by atoms with van der Waals surface area (Å²) >= 11 is 9.62. The van der Waals surface area contributed by atoms with E-state index in [0.717, 1.165) is 10.0 Å². The number of anilines is 2. The summed E-state index contributed by atoms with van der Waals surface area (Å²) in [5, 5.41) is 2.84. The lowest BCUT2D eigenvalue weighted by atomic mass is 10.2. The zero-order valence-corrected chi connectivity index (χ0v) is 19.4. The number of rotatable bonds is 6. The number of hydrogen-bond acceptors (Lipinski definition) is 4. The van der Waals surface area contributed by atoms with Crippen molar-refractivity contribution in [3.63, 3.8) is 0 Å². The maximum atomic E-state index is 13.1. The molecule has 1 aliphatic heterocycles. The van der Waals surface area contributed by atoms with E-state index in [4.69, 9.17) is 16.3 Å². The maximum Gasteiger partial charge on any atom is 0.264 e. The predicted octanol–water partition coefficient (Wildman–Crippen LogP) is 4.87. The van der Waals surface area contributed by atoms with Crippen molar-refractivity contribution >= 4 is 54.8 Å². The average molecular weight is 522 g/mol. The summed E-state index contributed by atoms with van der Waals surface area (Å²) in [6.07, 6.45) is 0.664. The van der Waals surface area contributed by atoms with Crippen molar-refractivity contribution in [1.29, 1.82) is 0 Å². The summed E-state index contributed by atoms with van der Waals surface area (Å²) in [4.78, 5) is 12.2. The highest BCUT2D eigenvalue weighted by atomic mass is 79.9. The summed E-state index contributed by atoms with van der Waals surface area (Å²) in [5.74, 6) is -0.141. The van der Waals surface area contributed by atoms with Crippen molar-refractivity contribution in [2.75, 3.05) is 22.8 Å². The van der Waals surface area contributed by atoms with Gasteiger partial charge in [0.15, 0.2) is 6.61 Å². The number of sulfonamides is 1. The van der Waals surface area contributed by atoms with E-state index in [-0.39, 0.29) is 28.2 Å². The van der Waals surface area contributed by atoms with Gasteiger partial charge in [-0.2, -0.15) is 0 Å². The van der Waals surface area contributed by atoms with Crippen LogP contribution in [0, 0.1) is 0 Å². The zero-order chi connectivity index (χ0) is 22.0. The SMILES string of the molecule is O=C(COc1ccc(S(=O)(=O)N2CCc3ccccc32)cc1Cl)Nc1ccccc1Br. The quantitative estimate of drug-likeness (QED) is 0.502. The normalized spacial score (nSPS) is 13.0. The second kappa shape index (κ2) is 8.90. The van der Waals surface area contributed by atoms with Gasteiger partial charge in [-0.1, -0.05) is 41.9 Å². The van der Waals surface area contributed by atoms with Crippen molar-refractivity contribution in [2.24, 2.45) is 0 Å². The van der Waals surface area contributed by atoms with Crippen molar-refractivity contribution in [3.05, 3.63) is 81.8 Å². The minimum atomic E-state index is -3.76. The lowest BCUT2D eigenvalue weighted by Crippen LogP contribution is -2.29. The molecular formula is C22H18BrClN2O4S.